The molecule has 2 heterocycles. The molecule has 0 aliphatic carbocycles. The first kappa shape index (κ1) is 12.6. The number of nitrogens with one attached hydrogen (secondary N) is 2. The molecule has 1 aliphatic heterocycles. The van der Waals surface area contributed by atoms with Crippen LogP contribution in [0.5, 0.6) is 0 Å². The number of carbonyl (C=O) groups is 2. The fourth-order valence-electron chi connectivity index (χ4n) is 1.96. The molecule has 2 aromatic rings. The molecule has 3 rings (SSSR count). The van der Waals surface area contributed by atoms with E-state index in [0.717, 1.165) is 5.69 Å². The average molecular weight is 288 g/mol. The Hall–Kier alpha value is -2.41. The predicted octanol–water partition coefficient (Wildman–Crippen LogP) is 1.93. The molecule has 1 fully saturated rings. The van der Waals surface area contributed by atoms with Crippen molar-refractivity contribution in [1.29, 1.82) is 0 Å². The third kappa shape index (κ3) is 2.48. The van der Waals surface area contributed by atoms with E-state index in [2.05, 4.69) is 15.6 Å². The Balaban J connectivity index is 1.70. The van der Waals surface area contributed by atoms with E-state index >= 15 is 0 Å². The van der Waals surface area contributed by atoms with Crippen LogP contribution in [0.25, 0.3) is 0 Å². The topological polar surface area (TPSA) is 74.3 Å². The van der Waals surface area contributed by atoms with E-state index in [1.165, 1.54) is 11.3 Å². The maximum absolute atomic E-state index is 11.8. The van der Waals surface area contributed by atoms with Crippen LogP contribution in [0.1, 0.15) is 10.5 Å². The fourth-order valence-corrected chi connectivity index (χ4v) is 2.49. The van der Waals surface area contributed by atoms with Gasteiger partial charge in [-0.1, -0.05) is 0 Å². The Morgan fingerprint density at radius 1 is 1.35 bits per heavy atom. The number of hydrogen-bond acceptors (Lipinski definition) is 4. The zero-order valence-corrected chi connectivity index (χ0v) is 11.3. The molecular weight excluding hydrogens is 276 g/mol. The third-order valence-electron chi connectivity index (χ3n) is 2.96. The lowest BCUT2D eigenvalue weighted by Crippen LogP contribution is -2.27. The van der Waals surface area contributed by atoms with Gasteiger partial charge in [-0.2, -0.15) is 0 Å². The Morgan fingerprint density at radius 2 is 2.15 bits per heavy atom. The summed E-state index contributed by atoms with van der Waals surface area (Å²) in [4.78, 5) is 29.0. The van der Waals surface area contributed by atoms with Gasteiger partial charge in [0.25, 0.3) is 5.91 Å². The highest BCUT2D eigenvalue weighted by molar-refractivity contribution is 7.07. The summed E-state index contributed by atoms with van der Waals surface area (Å²) in [5.74, 6) is -0.238. The number of nitrogens with zero attached hydrogens (tertiary/aromatic N) is 2. The molecule has 6 nitrogen and oxygen atoms in total. The Labute approximate surface area is 119 Å². The fraction of sp³-hybridized carbons (Fsp3) is 0.154. The number of anilines is 2. The van der Waals surface area contributed by atoms with Gasteiger partial charge in [0.2, 0.25) is 0 Å². The Bertz CT molecular complexity index is 624. The molecule has 0 radical (unpaired) electrons. The van der Waals surface area contributed by atoms with Crippen LogP contribution in [0, 0.1) is 0 Å². The minimum Gasteiger partial charge on any atom is -0.336 e. The second-order valence-corrected chi connectivity index (χ2v) is 4.98. The number of urea groups is 1. The Kier molecular flexibility index (Phi) is 3.34. The minimum atomic E-state index is -0.238. The first-order valence-corrected chi connectivity index (χ1v) is 7.03. The highest BCUT2D eigenvalue weighted by Gasteiger charge is 2.20. The van der Waals surface area contributed by atoms with E-state index in [4.69, 9.17) is 0 Å². The van der Waals surface area contributed by atoms with E-state index in [1.54, 1.807) is 27.9 Å². The summed E-state index contributed by atoms with van der Waals surface area (Å²) in [6.07, 6.45) is 0. The molecule has 1 saturated heterocycles. The second kappa shape index (κ2) is 5.30. The van der Waals surface area contributed by atoms with E-state index in [9.17, 15) is 9.59 Å². The molecule has 1 aliphatic rings. The summed E-state index contributed by atoms with van der Waals surface area (Å²) in [5.41, 5.74) is 3.50. The molecule has 0 saturated carbocycles. The van der Waals surface area contributed by atoms with Gasteiger partial charge in [-0.05, 0) is 24.3 Å². The number of thiazole rings is 1. The summed E-state index contributed by atoms with van der Waals surface area (Å²) in [7, 11) is 0. The number of hydrogen-bond donors (Lipinski definition) is 2. The van der Waals surface area contributed by atoms with E-state index < -0.39 is 0 Å². The summed E-state index contributed by atoms with van der Waals surface area (Å²) in [6, 6.07) is 7.06. The lowest BCUT2D eigenvalue weighted by Gasteiger charge is -2.14. The van der Waals surface area contributed by atoms with Gasteiger partial charge < -0.3 is 10.6 Å². The monoisotopic (exact) mass is 288 g/mol. The largest absolute Gasteiger partial charge is 0.336 e. The molecule has 7 heteroatoms. The summed E-state index contributed by atoms with van der Waals surface area (Å²) in [6.45, 7) is 1.31. The average Bonchev–Trinajstić information content (AvgIpc) is 3.11. The number of benzene rings is 1. The summed E-state index contributed by atoms with van der Waals surface area (Å²) >= 11 is 1.37. The zero-order valence-electron chi connectivity index (χ0n) is 10.5. The smallest absolute Gasteiger partial charge is 0.321 e. The molecule has 0 unspecified atom stereocenters. The van der Waals surface area contributed by atoms with Gasteiger partial charge in [0.15, 0.2) is 0 Å². The van der Waals surface area contributed by atoms with Crippen LogP contribution in [0.4, 0.5) is 16.2 Å². The van der Waals surface area contributed by atoms with Crippen molar-refractivity contribution in [2.24, 2.45) is 0 Å². The van der Waals surface area contributed by atoms with Gasteiger partial charge in [-0.3, -0.25) is 9.69 Å². The van der Waals surface area contributed by atoms with E-state index in [0.29, 0.717) is 24.5 Å². The first-order chi connectivity index (χ1) is 9.74. The number of rotatable bonds is 3. The van der Waals surface area contributed by atoms with Gasteiger partial charge in [-0.15, -0.1) is 11.3 Å². The molecule has 3 amide bonds. The predicted molar refractivity (Wildman–Crippen MR) is 77.3 cm³/mol. The zero-order chi connectivity index (χ0) is 13.9. The summed E-state index contributed by atoms with van der Waals surface area (Å²) in [5, 5.41) is 7.20. The maximum Gasteiger partial charge on any atom is 0.321 e. The molecule has 1 aromatic heterocycles. The molecule has 0 bridgehead atoms. The van der Waals surface area contributed by atoms with Crippen molar-refractivity contribution < 1.29 is 9.59 Å². The van der Waals surface area contributed by atoms with Crippen molar-refractivity contribution >= 4 is 34.6 Å². The van der Waals surface area contributed by atoms with E-state index in [1.807, 2.05) is 12.1 Å². The van der Waals surface area contributed by atoms with Crippen LogP contribution >= 0.6 is 11.3 Å². The van der Waals surface area contributed by atoms with Crippen molar-refractivity contribution in [3.63, 3.8) is 0 Å². The highest BCUT2D eigenvalue weighted by Crippen LogP contribution is 2.19. The lowest BCUT2D eigenvalue weighted by atomic mass is 10.2. The highest BCUT2D eigenvalue weighted by atomic mass is 32.1. The molecule has 102 valence electrons. The number of amides is 3. The SMILES string of the molecule is O=C(Nc1ccc(N2CCNC2=O)cc1)c1cscn1. The van der Waals surface area contributed by atoms with Crippen molar-refractivity contribution in [1.82, 2.24) is 10.3 Å². The summed E-state index contributed by atoms with van der Waals surface area (Å²) < 4.78 is 0. The third-order valence-corrected chi connectivity index (χ3v) is 3.55. The number of aromatic nitrogens is 1. The van der Waals surface area contributed by atoms with Gasteiger partial charge in [0.05, 0.1) is 5.51 Å². The Morgan fingerprint density at radius 3 is 2.75 bits per heavy atom. The van der Waals surface area contributed by atoms with Gasteiger partial charge in [0, 0.05) is 29.8 Å². The lowest BCUT2D eigenvalue weighted by molar-refractivity contribution is 0.102. The van der Waals surface area contributed by atoms with Gasteiger partial charge in [-0.25, -0.2) is 9.78 Å². The maximum atomic E-state index is 11.8. The van der Waals surface area contributed by atoms with Crippen LogP contribution < -0.4 is 15.5 Å². The normalized spacial score (nSPS) is 14.2. The number of carbonyl (C=O) groups excluding carboxylic acids is 2. The molecular formula is C13H12N4O2S. The van der Waals surface area contributed by atoms with Crippen LogP contribution in [0.3, 0.4) is 0 Å². The molecule has 0 atom stereocenters. The quantitative estimate of drug-likeness (QED) is 0.906. The van der Waals surface area contributed by atoms with Crippen LogP contribution in [-0.2, 0) is 0 Å². The molecule has 20 heavy (non-hydrogen) atoms. The molecule has 0 spiro atoms. The van der Waals surface area contributed by atoms with Gasteiger partial charge >= 0.3 is 6.03 Å². The van der Waals surface area contributed by atoms with Crippen molar-refractivity contribution in [2.75, 3.05) is 23.3 Å². The van der Waals surface area contributed by atoms with Crippen molar-refractivity contribution in [2.45, 2.75) is 0 Å². The minimum absolute atomic E-state index is 0.0933. The van der Waals surface area contributed by atoms with Crippen LogP contribution in [-0.4, -0.2) is 30.0 Å². The molecule has 1 aromatic carbocycles. The van der Waals surface area contributed by atoms with Crippen LogP contribution in [0.2, 0.25) is 0 Å². The first-order valence-electron chi connectivity index (χ1n) is 6.09. The van der Waals surface area contributed by atoms with Gasteiger partial charge in [0.1, 0.15) is 5.69 Å². The second-order valence-electron chi connectivity index (χ2n) is 4.26. The van der Waals surface area contributed by atoms with Crippen molar-refractivity contribution in [3.05, 3.63) is 40.8 Å². The van der Waals surface area contributed by atoms with Crippen LogP contribution in [0.15, 0.2) is 35.2 Å². The van der Waals surface area contributed by atoms with Crippen molar-refractivity contribution in [3.8, 4) is 0 Å². The molecule has 2 N–H and O–H groups in total. The van der Waals surface area contributed by atoms with E-state index in [-0.39, 0.29) is 11.9 Å². The standard InChI is InChI=1S/C13H12N4O2S/c18-12(11-7-20-8-15-11)16-9-1-3-10(4-2-9)17-6-5-14-13(17)19/h1-4,7-8H,5-6H2,(H,14,19)(H,16,18).